The van der Waals surface area contributed by atoms with Gasteiger partial charge in [-0.3, -0.25) is 14.5 Å². The number of carbonyl (C=O) groups is 2. The van der Waals surface area contributed by atoms with E-state index in [0.717, 1.165) is 18.5 Å². The first-order valence-electron chi connectivity index (χ1n) is 7.60. The Labute approximate surface area is 129 Å². The first-order chi connectivity index (χ1) is 10.5. The lowest BCUT2D eigenvalue weighted by atomic mass is 9.73. The highest BCUT2D eigenvalue weighted by Crippen LogP contribution is 2.48. The van der Waals surface area contributed by atoms with Crippen LogP contribution in [0.4, 0.5) is 0 Å². The van der Waals surface area contributed by atoms with Gasteiger partial charge in [0.25, 0.3) is 5.91 Å². The van der Waals surface area contributed by atoms with E-state index >= 15 is 0 Å². The molecule has 2 amide bonds. The molecular formula is C16H21N3O3. The monoisotopic (exact) mass is 303 g/mol. The summed E-state index contributed by atoms with van der Waals surface area (Å²) in [6.45, 7) is 2.22. The Morgan fingerprint density at radius 3 is 2.68 bits per heavy atom. The lowest BCUT2D eigenvalue weighted by Gasteiger charge is -2.54. The molecule has 4 atom stereocenters. The van der Waals surface area contributed by atoms with Gasteiger partial charge in [0.05, 0.1) is 12.1 Å². The molecule has 22 heavy (non-hydrogen) atoms. The van der Waals surface area contributed by atoms with Gasteiger partial charge in [-0.25, -0.2) is 0 Å². The number of hydrogen-bond acceptors (Lipinski definition) is 5. The molecule has 0 saturated carbocycles. The summed E-state index contributed by atoms with van der Waals surface area (Å²) in [6, 6.07) is 8.04. The Bertz CT molecular complexity index is 574. The van der Waals surface area contributed by atoms with E-state index in [-0.39, 0.29) is 11.9 Å². The number of likely N-dealkylation sites (tertiary alicyclic amines) is 1. The molecule has 0 bridgehead atoms. The summed E-state index contributed by atoms with van der Waals surface area (Å²) in [6.07, 6.45) is 0.614. The summed E-state index contributed by atoms with van der Waals surface area (Å²) in [5.41, 5.74) is 5.95. The van der Waals surface area contributed by atoms with Gasteiger partial charge < -0.3 is 16.2 Å². The molecule has 4 unspecified atom stereocenters. The van der Waals surface area contributed by atoms with Crippen LogP contribution in [0.5, 0.6) is 0 Å². The van der Waals surface area contributed by atoms with Crippen LogP contribution < -0.4 is 11.1 Å². The quantitative estimate of drug-likeness (QED) is 0.679. The number of nitrogens with two attached hydrogens (primary N) is 1. The Hall–Kier alpha value is -1.76. The molecule has 4 N–H and O–H groups in total. The molecule has 2 saturated heterocycles. The Kier molecular flexibility index (Phi) is 3.76. The van der Waals surface area contributed by atoms with Gasteiger partial charge in [0.15, 0.2) is 0 Å². The zero-order chi connectivity index (χ0) is 15.9. The predicted octanol–water partition coefficient (Wildman–Crippen LogP) is -0.0732. The number of benzene rings is 1. The van der Waals surface area contributed by atoms with Gasteiger partial charge in [-0.15, -0.1) is 0 Å². The summed E-state index contributed by atoms with van der Waals surface area (Å²) in [4.78, 5) is 26.4. The first-order valence-corrected chi connectivity index (χ1v) is 7.60. The van der Waals surface area contributed by atoms with Crippen LogP contribution in [0.1, 0.15) is 31.4 Å². The van der Waals surface area contributed by atoms with Crippen LogP contribution in [0, 0.1) is 0 Å². The smallest absolute Gasteiger partial charge is 0.252 e. The number of rotatable bonds is 3. The second-order valence-electron chi connectivity index (χ2n) is 6.09. The number of amides is 2. The van der Waals surface area contributed by atoms with Gasteiger partial charge in [0, 0.05) is 0 Å². The second kappa shape index (κ2) is 5.46. The van der Waals surface area contributed by atoms with Gasteiger partial charge in [0.1, 0.15) is 11.6 Å². The van der Waals surface area contributed by atoms with Crippen molar-refractivity contribution >= 4 is 11.8 Å². The van der Waals surface area contributed by atoms with E-state index in [2.05, 4.69) is 5.32 Å². The number of hydrogen-bond donors (Lipinski definition) is 3. The summed E-state index contributed by atoms with van der Waals surface area (Å²) >= 11 is 0. The molecule has 2 aliphatic heterocycles. The molecule has 1 spiro atoms. The van der Waals surface area contributed by atoms with Crippen LogP contribution in [-0.4, -0.2) is 46.1 Å². The average Bonchev–Trinajstić information content (AvgIpc) is 3.03. The summed E-state index contributed by atoms with van der Waals surface area (Å²) in [5, 5.41) is 12.8. The highest BCUT2D eigenvalue weighted by Gasteiger charge is 2.64. The number of nitrogens with one attached hydrogen (secondary N) is 1. The first kappa shape index (κ1) is 15.1. The maximum absolute atomic E-state index is 12.6. The van der Waals surface area contributed by atoms with E-state index in [1.165, 1.54) is 11.8 Å². The molecule has 0 radical (unpaired) electrons. The van der Waals surface area contributed by atoms with E-state index < -0.39 is 23.6 Å². The zero-order valence-electron chi connectivity index (χ0n) is 12.5. The number of nitrogens with zero attached hydrogens (tertiary/aromatic N) is 1. The average molecular weight is 303 g/mol. The van der Waals surface area contributed by atoms with Crippen LogP contribution in [0.15, 0.2) is 30.3 Å². The number of imide groups is 1. The summed E-state index contributed by atoms with van der Waals surface area (Å²) in [5.74, 6) is -0.756. The molecular weight excluding hydrogens is 282 g/mol. The SMILES string of the molecule is CC(O)C(N)C(=O)N1C(=O)C2(CCCN2)C1c1ccccc1. The van der Waals surface area contributed by atoms with Crippen LogP contribution in [-0.2, 0) is 9.59 Å². The molecule has 1 aromatic rings. The molecule has 3 rings (SSSR count). The number of aliphatic hydroxyl groups is 1. The van der Waals surface area contributed by atoms with Crippen LogP contribution >= 0.6 is 0 Å². The molecule has 2 fully saturated rings. The number of aliphatic hydroxyl groups excluding tert-OH is 1. The summed E-state index contributed by atoms with van der Waals surface area (Å²) in [7, 11) is 0. The fraction of sp³-hybridized carbons (Fsp3) is 0.500. The molecule has 6 nitrogen and oxygen atoms in total. The standard InChI is InChI=1S/C16H21N3O3/c1-10(20)12(17)14(21)19-13(11-6-3-2-4-7-11)16(15(19)22)8-5-9-18-16/h2-4,6-7,10,12-13,18,20H,5,8-9,17H2,1H3. The lowest BCUT2D eigenvalue weighted by Crippen LogP contribution is -2.75. The van der Waals surface area contributed by atoms with E-state index in [1.807, 2.05) is 30.3 Å². The van der Waals surface area contributed by atoms with Crippen LogP contribution in [0.25, 0.3) is 0 Å². The molecule has 2 heterocycles. The van der Waals surface area contributed by atoms with Crippen molar-refractivity contribution in [1.82, 2.24) is 10.2 Å². The molecule has 0 aromatic heterocycles. The van der Waals surface area contributed by atoms with Gasteiger partial charge in [-0.2, -0.15) is 0 Å². The van der Waals surface area contributed by atoms with Gasteiger partial charge in [-0.05, 0) is 31.9 Å². The van der Waals surface area contributed by atoms with Crippen molar-refractivity contribution in [3.05, 3.63) is 35.9 Å². The Morgan fingerprint density at radius 1 is 1.45 bits per heavy atom. The third-order valence-corrected chi connectivity index (χ3v) is 4.67. The highest BCUT2D eigenvalue weighted by molar-refractivity contribution is 6.08. The third-order valence-electron chi connectivity index (χ3n) is 4.67. The van der Waals surface area contributed by atoms with E-state index in [9.17, 15) is 14.7 Å². The van der Waals surface area contributed by atoms with Crippen molar-refractivity contribution in [2.45, 2.75) is 43.5 Å². The minimum absolute atomic E-state index is 0.236. The minimum atomic E-state index is -1.09. The predicted molar refractivity (Wildman–Crippen MR) is 80.7 cm³/mol. The molecule has 118 valence electrons. The van der Waals surface area contributed by atoms with Crippen molar-refractivity contribution in [2.75, 3.05) is 6.54 Å². The van der Waals surface area contributed by atoms with Gasteiger partial charge in [-0.1, -0.05) is 30.3 Å². The maximum atomic E-state index is 12.6. The fourth-order valence-electron chi connectivity index (χ4n) is 3.45. The lowest BCUT2D eigenvalue weighted by molar-refractivity contribution is -0.173. The summed E-state index contributed by atoms with van der Waals surface area (Å²) < 4.78 is 0. The Balaban J connectivity index is 1.96. The van der Waals surface area contributed by atoms with Crippen molar-refractivity contribution in [3.63, 3.8) is 0 Å². The second-order valence-corrected chi connectivity index (χ2v) is 6.09. The van der Waals surface area contributed by atoms with E-state index in [4.69, 9.17) is 5.73 Å². The molecule has 6 heteroatoms. The topological polar surface area (TPSA) is 95.7 Å². The third kappa shape index (κ3) is 2.06. The minimum Gasteiger partial charge on any atom is -0.391 e. The molecule has 1 aromatic carbocycles. The van der Waals surface area contributed by atoms with E-state index in [1.54, 1.807) is 0 Å². The van der Waals surface area contributed by atoms with Gasteiger partial charge in [0.2, 0.25) is 5.91 Å². The van der Waals surface area contributed by atoms with Crippen molar-refractivity contribution < 1.29 is 14.7 Å². The van der Waals surface area contributed by atoms with Crippen molar-refractivity contribution in [1.29, 1.82) is 0 Å². The highest BCUT2D eigenvalue weighted by atomic mass is 16.3. The van der Waals surface area contributed by atoms with Gasteiger partial charge >= 0.3 is 0 Å². The number of carbonyl (C=O) groups excluding carboxylic acids is 2. The zero-order valence-corrected chi connectivity index (χ0v) is 12.5. The number of β-lactam (4-membered cyclic amide) rings is 1. The molecule has 0 aliphatic carbocycles. The molecule has 2 aliphatic rings. The largest absolute Gasteiger partial charge is 0.391 e. The van der Waals surface area contributed by atoms with Crippen molar-refractivity contribution in [2.24, 2.45) is 5.73 Å². The normalized spacial score (nSPS) is 30.2. The fourth-order valence-corrected chi connectivity index (χ4v) is 3.45. The van der Waals surface area contributed by atoms with Crippen LogP contribution in [0.2, 0.25) is 0 Å². The Morgan fingerprint density at radius 2 is 2.14 bits per heavy atom. The van der Waals surface area contributed by atoms with Crippen molar-refractivity contribution in [3.8, 4) is 0 Å². The van der Waals surface area contributed by atoms with E-state index in [0.29, 0.717) is 6.42 Å². The van der Waals surface area contributed by atoms with Crippen LogP contribution in [0.3, 0.4) is 0 Å². The maximum Gasteiger partial charge on any atom is 0.252 e.